The molecule has 0 aliphatic rings. The van der Waals surface area contributed by atoms with E-state index >= 15 is 0 Å². The number of anilines is 2. The molecular weight excluding hydrogens is 300 g/mol. The van der Waals surface area contributed by atoms with Crippen LogP contribution < -0.4 is 5.32 Å². The summed E-state index contributed by atoms with van der Waals surface area (Å²) in [5.74, 6) is 1.40. The van der Waals surface area contributed by atoms with Gasteiger partial charge in [-0.15, -0.1) is 0 Å². The number of pyridine rings is 1. The van der Waals surface area contributed by atoms with E-state index in [9.17, 15) is 0 Å². The number of nitrogens with zero attached hydrogens (tertiary/aromatic N) is 5. The van der Waals surface area contributed by atoms with Crippen LogP contribution in [-0.2, 0) is 0 Å². The highest BCUT2D eigenvalue weighted by Crippen LogP contribution is 2.19. The minimum atomic E-state index is 0.683. The van der Waals surface area contributed by atoms with Crippen molar-refractivity contribution in [1.82, 2.24) is 24.7 Å². The van der Waals surface area contributed by atoms with Crippen LogP contribution in [0.2, 0.25) is 0 Å². The van der Waals surface area contributed by atoms with E-state index in [0.29, 0.717) is 5.82 Å². The molecule has 0 amide bonds. The van der Waals surface area contributed by atoms with Crippen LogP contribution >= 0.6 is 0 Å². The molecule has 0 bridgehead atoms. The summed E-state index contributed by atoms with van der Waals surface area (Å²) in [6.45, 7) is 0. The van der Waals surface area contributed by atoms with Crippen LogP contribution in [0.3, 0.4) is 0 Å². The molecule has 0 fully saturated rings. The monoisotopic (exact) mass is 314 g/mol. The Bertz CT molecular complexity index is 934. The highest BCUT2D eigenvalue weighted by atomic mass is 15.3. The molecular formula is C18H14N6. The van der Waals surface area contributed by atoms with Crippen molar-refractivity contribution in [2.24, 2.45) is 0 Å². The summed E-state index contributed by atoms with van der Waals surface area (Å²) in [7, 11) is 0. The molecule has 3 aromatic heterocycles. The predicted octanol–water partition coefficient (Wildman–Crippen LogP) is 3.47. The molecule has 1 aromatic carbocycles. The topological polar surface area (TPSA) is 68.5 Å². The van der Waals surface area contributed by atoms with E-state index in [1.807, 2.05) is 54.7 Å². The molecule has 0 saturated heterocycles. The Morgan fingerprint density at radius 2 is 1.71 bits per heavy atom. The van der Waals surface area contributed by atoms with Gasteiger partial charge in [-0.05, 0) is 18.2 Å². The molecule has 0 atom stereocenters. The first-order valence-electron chi connectivity index (χ1n) is 7.49. The van der Waals surface area contributed by atoms with Crippen LogP contribution in [0.4, 0.5) is 11.5 Å². The third-order valence-electron chi connectivity index (χ3n) is 3.47. The lowest BCUT2D eigenvalue weighted by Crippen LogP contribution is -1.96. The van der Waals surface area contributed by atoms with Crippen LogP contribution in [0.5, 0.6) is 0 Å². The van der Waals surface area contributed by atoms with Gasteiger partial charge in [0.25, 0.3) is 0 Å². The first-order valence-corrected chi connectivity index (χ1v) is 7.49. The zero-order valence-electron chi connectivity index (χ0n) is 12.7. The Labute approximate surface area is 138 Å². The molecule has 0 unspecified atom stereocenters. The van der Waals surface area contributed by atoms with E-state index in [1.54, 1.807) is 29.5 Å². The maximum absolute atomic E-state index is 4.55. The third kappa shape index (κ3) is 2.98. The van der Waals surface area contributed by atoms with Crippen molar-refractivity contribution in [2.75, 3.05) is 5.32 Å². The van der Waals surface area contributed by atoms with Crippen LogP contribution in [0.25, 0.3) is 17.1 Å². The van der Waals surface area contributed by atoms with E-state index in [0.717, 1.165) is 22.8 Å². The smallest absolute Gasteiger partial charge is 0.161 e. The fourth-order valence-electron chi connectivity index (χ4n) is 2.33. The van der Waals surface area contributed by atoms with E-state index in [1.165, 1.54) is 0 Å². The van der Waals surface area contributed by atoms with Crippen molar-refractivity contribution in [3.63, 3.8) is 0 Å². The molecule has 3 heterocycles. The average Bonchev–Trinajstić information content (AvgIpc) is 3.12. The molecule has 116 valence electrons. The van der Waals surface area contributed by atoms with Crippen LogP contribution in [0.15, 0.2) is 79.5 Å². The number of benzene rings is 1. The first-order chi connectivity index (χ1) is 11.9. The molecule has 4 aromatic rings. The second kappa shape index (κ2) is 6.29. The standard InChI is InChI=1S/C18H14N6/c1-2-4-14(5-3-1)18-20-11-8-17(23-18)22-15-12-21-24(13-15)16-6-9-19-10-7-16/h1-13H,(H,20,22,23). The highest BCUT2D eigenvalue weighted by molar-refractivity contribution is 5.60. The lowest BCUT2D eigenvalue weighted by molar-refractivity contribution is 0.878. The normalized spacial score (nSPS) is 10.5. The first kappa shape index (κ1) is 14.1. The highest BCUT2D eigenvalue weighted by Gasteiger charge is 2.05. The second-order valence-corrected chi connectivity index (χ2v) is 5.14. The van der Waals surface area contributed by atoms with Gasteiger partial charge in [-0.1, -0.05) is 30.3 Å². The number of hydrogen-bond acceptors (Lipinski definition) is 5. The number of rotatable bonds is 4. The number of aromatic nitrogens is 5. The van der Waals surface area contributed by atoms with Crippen LogP contribution in [-0.4, -0.2) is 24.7 Å². The number of nitrogens with one attached hydrogen (secondary N) is 1. The summed E-state index contributed by atoms with van der Waals surface area (Å²) >= 11 is 0. The summed E-state index contributed by atoms with van der Waals surface area (Å²) < 4.78 is 1.78. The zero-order valence-corrected chi connectivity index (χ0v) is 12.7. The Balaban J connectivity index is 1.57. The quantitative estimate of drug-likeness (QED) is 0.624. The molecule has 0 aliphatic carbocycles. The molecule has 0 radical (unpaired) electrons. The van der Waals surface area contributed by atoms with Crippen molar-refractivity contribution in [3.8, 4) is 17.1 Å². The van der Waals surface area contributed by atoms with Gasteiger partial charge >= 0.3 is 0 Å². The lowest BCUT2D eigenvalue weighted by Gasteiger charge is -2.05. The van der Waals surface area contributed by atoms with Crippen LogP contribution in [0.1, 0.15) is 0 Å². The third-order valence-corrected chi connectivity index (χ3v) is 3.47. The van der Waals surface area contributed by atoms with Crippen molar-refractivity contribution in [2.45, 2.75) is 0 Å². The van der Waals surface area contributed by atoms with Gasteiger partial charge in [0.05, 0.1) is 23.8 Å². The molecule has 1 N–H and O–H groups in total. The lowest BCUT2D eigenvalue weighted by atomic mass is 10.2. The maximum atomic E-state index is 4.55. The van der Waals surface area contributed by atoms with Gasteiger partial charge < -0.3 is 5.32 Å². The molecule has 0 spiro atoms. The van der Waals surface area contributed by atoms with Gasteiger partial charge in [0.1, 0.15) is 5.82 Å². The van der Waals surface area contributed by atoms with Crippen molar-refractivity contribution < 1.29 is 0 Å². The van der Waals surface area contributed by atoms with Gasteiger partial charge in [-0.25, -0.2) is 14.6 Å². The summed E-state index contributed by atoms with van der Waals surface area (Å²) in [4.78, 5) is 12.9. The average molecular weight is 314 g/mol. The predicted molar refractivity (Wildman–Crippen MR) is 92.1 cm³/mol. The minimum absolute atomic E-state index is 0.683. The van der Waals surface area contributed by atoms with E-state index in [4.69, 9.17) is 0 Å². The van der Waals surface area contributed by atoms with E-state index in [2.05, 4.69) is 25.4 Å². The van der Waals surface area contributed by atoms with Crippen molar-refractivity contribution in [3.05, 3.63) is 79.5 Å². The Hall–Kier alpha value is -3.54. The molecule has 0 saturated carbocycles. The maximum Gasteiger partial charge on any atom is 0.161 e. The van der Waals surface area contributed by atoms with Crippen molar-refractivity contribution in [1.29, 1.82) is 0 Å². The molecule has 4 rings (SSSR count). The molecule has 6 heteroatoms. The van der Waals surface area contributed by atoms with Gasteiger partial charge in [0, 0.05) is 24.2 Å². The van der Waals surface area contributed by atoms with E-state index in [-0.39, 0.29) is 0 Å². The fourth-order valence-corrected chi connectivity index (χ4v) is 2.33. The largest absolute Gasteiger partial charge is 0.338 e. The van der Waals surface area contributed by atoms with Gasteiger partial charge in [0.15, 0.2) is 5.82 Å². The van der Waals surface area contributed by atoms with E-state index < -0.39 is 0 Å². The molecule has 24 heavy (non-hydrogen) atoms. The van der Waals surface area contributed by atoms with Crippen molar-refractivity contribution >= 4 is 11.5 Å². The number of hydrogen-bond donors (Lipinski definition) is 1. The van der Waals surface area contributed by atoms with Crippen LogP contribution in [0, 0.1) is 0 Å². The fraction of sp³-hybridized carbons (Fsp3) is 0. The second-order valence-electron chi connectivity index (χ2n) is 5.14. The van der Waals surface area contributed by atoms with Gasteiger partial charge in [-0.3, -0.25) is 4.98 Å². The summed E-state index contributed by atoms with van der Waals surface area (Å²) in [5, 5.41) is 7.60. The van der Waals surface area contributed by atoms with Gasteiger partial charge in [0.2, 0.25) is 0 Å². The minimum Gasteiger partial charge on any atom is -0.338 e. The molecule has 0 aliphatic heterocycles. The Kier molecular flexibility index (Phi) is 3.69. The summed E-state index contributed by atoms with van der Waals surface area (Å²) in [5.41, 5.74) is 2.78. The summed E-state index contributed by atoms with van der Waals surface area (Å²) in [6.07, 6.45) is 8.87. The van der Waals surface area contributed by atoms with Gasteiger partial charge in [-0.2, -0.15) is 5.10 Å². The Morgan fingerprint density at radius 1 is 0.875 bits per heavy atom. The SMILES string of the molecule is c1ccc(-c2nccc(Nc3cnn(-c4ccncc4)c3)n2)cc1. The molecule has 6 nitrogen and oxygen atoms in total. The zero-order chi connectivity index (χ0) is 16.2. The Morgan fingerprint density at radius 3 is 2.54 bits per heavy atom. The summed E-state index contributed by atoms with van der Waals surface area (Å²) in [6, 6.07) is 15.5.